The number of amides is 2. The van der Waals surface area contributed by atoms with Crippen molar-refractivity contribution in [1.29, 1.82) is 0 Å². The average Bonchev–Trinajstić information content (AvgIpc) is 3.33. The fourth-order valence-electron chi connectivity index (χ4n) is 3.98. The molecule has 0 spiro atoms. The molecule has 6 heteroatoms. The van der Waals surface area contributed by atoms with Crippen LogP contribution in [0.15, 0.2) is 60.7 Å². The Morgan fingerprint density at radius 3 is 1.45 bits per heavy atom. The molecule has 4 atom stereocenters. The molecule has 0 radical (unpaired) electrons. The molecular weight excluding hydrogens is 368 g/mol. The normalized spacial score (nSPS) is 21.7. The predicted octanol–water partition coefficient (Wildman–Crippen LogP) is 1.96. The molecule has 2 aromatic rings. The first kappa shape index (κ1) is 21.0. The van der Waals surface area contributed by atoms with Crippen molar-refractivity contribution in [3.05, 3.63) is 71.8 Å². The van der Waals surface area contributed by atoms with Crippen molar-refractivity contribution >= 4 is 11.8 Å². The minimum atomic E-state index is -0.515. The lowest BCUT2D eigenvalue weighted by Crippen LogP contribution is -2.35. The van der Waals surface area contributed by atoms with Gasteiger partial charge >= 0.3 is 0 Å². The van der Waals surface area contributed by atoms with Gasteiger partial charge in [-0.15, -0.1) is 0 Å². The number of carbonyl (C=O) groups is 2. The molecule has 3 rings (SSSR count). The summed E-state index contributed by atoms with van der Waals surface area (Å²) in [6, 6.07) is 17.5. The lowest BCUT2D eigenvalue weighted by molar-refractivity contribution is -0.128. The largest absolute Gasteiger partial charge is 0.394 e. The van der Waals surface area contributed by atoms with Gasteiger partial charge in [0.25, 0.3) is 0 Å². The van der Waals surface area contributed by atoms with Gasteiger partial charge in [-0.05, 0) is 16.5 Å². The Morgan fingerprint density at radius 2 is 1.14 bits per heavy atom. The molecule has 2 amide bonds. The molecule has 29 heavy (non-hydrogen) atoms. The maximum atomic E-state index is 12.9. The lowest BCUT2D eigenvalue weighted by atomic mass is 10.1. The number of nitrogens with one attached hydrogen (secondary N) is 2. The second-order valence-electron chi connectivity index (χ2n) is 8.09. The van der Waals surface area contributed by atoms with E-state index in [1.165, 1.54) is 0 Å². The quantitative estimate of drug-likeness (QED) is 0.548. The second kappa shape index (κ2) is 8.76. The molecule has 0 saturated heterocycles. The van der Waals surface area contributed by atoms with Crippen molar-refractivity contribution in [2.45, 2.75) is 25.9 Å². The Kier molecular flexibility index (Phi) is 6.35. The van der Waals surface area contributed by atoms with E-state index in [2.05, 4.69) is 10.6 Å². The van der Waals surface area contributed by atoms with Gasteiger partial charge in [-0.3, -0.25) is 9.59 Å². The number of rotatable bonds is 8. The Balaban J connectivity index is 1.66. The van der Waals surface area contributed by atoms with Crippen LogP contribution in [0.5, 0.6) is 0 Å². The van der Waals surface area contributed by atoms with Gasteiger partial charge in [-0.1, -0.05) is 74.5 Å². The van der Waals surface area contributed by atoms with Crippen molar-refractivity contribution in [2.75, 3.05) is 13.2 Å². The summed E-state index contributed by atoms with van der Waals surface area (Å²) >= 11 is 0. The number of benzene rings is 2. The topological polar surface area (TPSA) is 98.7 Å². The summed E-state index contributed by atoms with van der Waals surface area (Å²) in [5, 5.41) is 25.1. The Labute approximate surface area is 171 Å². The standard InChI is InChI=1S/C23H28N2O4/c1-23(2)19(21(28)24-17(13-26)15-9-5-3-6-10-15)20(23)22(29)25-18(14-27)16-11-7-4-8-12-16/h3-12,17-20,26-27H,13-14H2,1-2H3,(H,24,28)(H,25,29)/t17-,18-,19-,20-/m1/s1. The van der Waals surface area contributed by atoms with E-state index >= 15 is 0 Å². The number of aliphatic hydroxyl groups is 2. The third kappa shape index (κ3) is 4.49. The molecule has 0 bridgehead atoms. The van der Waals surface area contributed by atoms with Crippen LogP contribution in [-0.2, 0) is 9.59 Å². The summed E-state index contributed by atoms with van der Waals surface area (Å²) in [6.07, 6.45) is 0. The third-order valence-electron chi connectivity index (χ3n) is 5.79. The highest BCUT2D eigenvalue weighted by Crippen LogP contribution is 2.58. The minimum Gasteiger partial charge on any atom is -0.394 e. The van der Waals surface area contributed by atoms with E-state index in [4.69, 9.17) is 0 Å². The summed E-state index contributed by atoms with van der Waals surface area (Å²) < 4.78 is 0. The Bertz CT molecular complexity index is 769. The maximum Gasteiger partial charge on any atom is 0.225 e. The van der Waals surface area contributed by atoms with Crippen molar-refractivity contribution in [2.24, 2.45) is 17.3 Å². The molecule has 1 aliphatic carbocycles. The van der Waals surface area contributed by atoms with Crippen LogP contribution < -0.4 is 10.6 Å². The zero-order valence-corrected chi connectivity index (χ0v) is 16.7. The molecule has 4 N–H and O–H groups in total. The first-order valence-corrected chi connectivity index (χ1v) is 9.82. The van der Waals surface area contributed by atoms with Gasteiger partial charge in [0, 0.05) is 0 Å². The first-order valence-electron chi connectivity index (χ1n) is 9.82. The molecule has 0 heterocycles. The number of hydrogen-bond acceptors (Lipinski definition) is 4. The smallest absolute Gasteiger partial charge is 0.225 e. The van der Waals surface area contributed by atoms with Gasteiger partial charge in [0.2, 0.25) is 11.8 Å². The average molecular weight is 396 g/mol. The third-order valence-corrected chi connectivity index (χ3v) is 5.79. The zero-order valence-electron chi connectivity index (χ0n) is 16.7. The van der Waals surface area contributed by atoms with E-state index in [9.17, 15) is 19.8 Å². The highest BCUT2D eigenvalue weighted by Gasteiger charge is 2.65. The van der Waals surface area contributed by atoms with Crippen LogP contribution in [0.4, 0.5) is 0 Å². The van der Waals surface area contributed by atoms with Gasteiger partial charge in [0.15, 0.2) is 0 Å². The van der Waals surface area contributed by atoms with Crippen LogP contribution in [0.25, 0.3) is 0 Å². The highest BCUT2D eigenvalue weighted by molar-refractivity contribution is 5.94. The van der Waals surface area contributed by atoms with Crippen molar-refractivity contribution < 1.29 is 19.8 Å². The number of carbonyl (C=O) groups excluding carboxylic acids is 2. The van der Waals surface area contributed by atoms with E-state index in [1.54, 1.807) is 0 Å². The fourth-order valence-corrected chi connectivity index (χ4v) is 3.98. The zero-order chi connectivity index (χ0) is 21.0. The van der Waals surface area contributed by atoms with Crippen molar-refractivity contribution in [3.63, 3.8) is 0 Å². The van der Waals surface area contributed by atoms with Gasteiger partial charge in [0.1, 0.15) is 0 Å². The summed E-state index contributed by atoms with van der Waals surface area (Å²) in [6.45, 7) is 3.32. The molecule has 1 aliphatic rings. The van der Waals surface area contributed by atoms with Crippen LogP contribution in [0.3, 0.4) is 0 Å². The first-order chi connectivity index (χ1) is 13.9. The van der Waals surface area contributed by atoms with Crippen LogP contribution in [0.1, 0.15) is 37.1 Å². The number of hydrogen-bond donors (Lipinski definition) is 4. The molecule has 0 aromatic heterocycles. The van der Waals surface area contributed by atoms with E-state index in [0.29, 0.717) is 0 Å². The summed E-state index contributed by atoms with van der Waals surface area (Å²) in [4.78, 5) is 25.7. The monoisotopic (exact) mass is 396 g/mol. The van der Waals surface area contributed by atoms with E-state index in [-0.39, 0.29) is 25.0 Å². The SMILES string of the molecule is CC1(C)[C@@H](C(=O)N[C@H](CO)c2ccccc2)[C@@H]1C(=O)N[C@H](CO)c1ccccc1. The molecule has 154 valence electrons. The fraction of sp³-hybridized carbons (Fsp3) is 0.391. The molecule has 0 unspecified atom stereocenters. The van der Waals surface area contributed by atoms with Crippen molar-refractivity contribution in [1.82, 2.24) is 10.6 Å². The Morgan fingerprint density at radius 1 is 0.793 bits per heavy atom. The molecule has 0 aliphatic heterocycles. The van der Waals surface area contributed by atoms with E-state index < -0.39 is 29.3 Å². The van der Waals surface area contributed by atoms with Crippen molar-refractivity contribution in [3.8, 4) is 0 Å². The second-order valence-corrected chi connectivity index (χ2v) is 8.09. The highest BCUT2D eigenvalue weighted by atomic mass is 16.3. The molecule has 1 fully saturated rings. The Hall–Kier alpha value is -2.70. The maximum absolute atomic E-state index is 12.9. The van der Waals surface area contributed by atoms with E-state index in [1.807, 2.05) is 74.5 Å². The van der Waals surface area contributed by atoms with E-state index in [0.717, 1.165) is 11.1 Å². The minimum absolute atomic E-state index is 0.222. The predicted molar refractivity (Wildman–Crippen MR) is 110 cm³/mol. The van der Waals surface area contributed by atoms with Crippen LogP contribution in [0, 0.1) is 17.3 Å². The summed E-state index contributed by atoms with van der Waals surface area (Å²) in [5.74, 6) is -1.48. The number of aliphatic hydroxyl groups excluding tert-OH is 2. The summed E-state index contributed by atoms with van der Waals surface area (Å²) in [5.41, 5.74) is 1.13. The van der Waals surface area contributed by atoms with Gasteiger partial charge in [-0.2, -0.15) is 0 Å². The molecular formula is C23H28N2O4. The molecule has 2 aromatic carbocycles. The van der Waals surface area contributed by atoms with Gasteiger partial charge in [-0.25, -0.2) is 0 Å². The lowest BCUT2D eigenvalue weighted by Gasteiger charge is -2.18. The molecule has 6 nitrogen and oxygen atoms in total. The van der Waals surface area contributed by atoms with Crippen LogP contribution >= 0.6 is 0 Å². The summed E-state index contributed by atoms with van der Waals surface area (Å²) in [7, 11) is 0. The van der Waals surface area contributed by atoms with Gasteiger partial charge < -0.3 is 20.8 Å². The molecule has 1 saturated carbocycles. The van der Waals surface area contributed by atoms with Crippen LogP contribution in [-0.4, -0.2) is 35.2 Å². The van der Waals surface area contributed by atoms with Crippen LogP contribution in [0.2, 0.25) is 0 Å². The van der Waals surface area contributed by atoms with Gasteiger partial charge in [0.05, 0.1) is 37.1 Å².